The first kappa shape index (κ1) is 15.5. The van der Waals surface area contributed by atoms with Gasteiger partial charge < -0.3 is 5.32 Å². The Morgan fingerprint density at radius 3 is 2.43 bits per heavy atom. The number of carbonyl (C=O) groups is 2. The van der Waals surface area contributed by atoms with E-state index in [1.54, 1.807) is 4.90 Å². The molecule has 1 aromatic carbocycles. The van der Waals surface area contributed by atoms with Gasteiger partial charge in [0.05, 0.1) is 0 Å². The lowest BCUT2D eigenvalue weighted by molar-refractivity contribution is -0.134. The molecule has 0 bridgehead atoms. The Morgan fingerprint density at radius 1 is 1.19 bits per heavy atom. The molecule has 2 amide bonds. The number of piperazine rings is 1. The molecular formula is C17H24N2O2. The average Bonchev–Trinajstić information content (AvgIpc) is 2.48. The van der Waals surface area contributed by atoms with Crippen molar-refractivity contribution in [1.82, 2.24) is 5.32 Å². The third-order valence-corrected chi connectivity index (χ3v) is 4.10. The second kappa shape index (κ2) is 6.29. The number of benzene rings is 1. The molecule has 0 aliphatic carbocycles. The van der Waals surface area contributed by atoms with Gasteiger partial charge in [0, 0.05) is 5.69 Å². The summed E-state index contributed by atoms with van der Waals surface area (Å²) in [6, 6.07) is 7.00. The van der Waals surface area contributed by atoms with Crippen LogP contribution in [-0.4, -0.2) is 23.9 Å². The Bertz CT molecular complexity index is 539. The van der Waals surface area contributed by atoms with E-state index in [1.165, 1.54) is 0 Å². The molecule has 1 fully saturated rings. The highest BCUT2D eigenvalue weighted by Gasteiger charge is 2.42. The summed E-state index contributed by atoms with van der Waals surface area (Å²) in [6.07, 6.45) is 1.45. The highest BCUT2D eigenvalue weighted by Crippen LogP contribution is 2.28. The molecule has 4 heteroatoms. The van der Waals surface area contributed by atoms with Gasteiger partial charge in [0.1, 0.15) is 12.1 Å². The maximum atomic E-state index is 12.9. The van der Waals surface area contributed by atoms with Crippen LogP contribution in [0.4, 0.5) is 5.69 Å². The zero-order chi connectivity index (χ0) is 15.6. The lowest BCUT2D eigenvalue weighted by atomic mass is 9.95. The monoisotopic (exact) mass is 288 g/mol. The molecule has 0 spiro atoms. The van der Waals surface area contributed by atoms with Crippen LogP contribution < -0.4 is 10.2 Å². The second-order valence-corrected chi connectivity index (χ2v) is 5.84. The quantitative estimate of drug-likeness (QED) is 0.925. The predicted molar refractivity (Wildman–Crippen MR) is 84.2 cm³/mol. The van der Waals surface area contributed by atoms with Crippen LogP contribution in [0.2, 0.25) is 0 Å². The van der Waals surface area contributed by atoms with Crippen molar-refractivity contribution in [2.45, 2.75) is 52.6 Å². The third-order valence-electron chi connectivity index (χ3n) is 4.10. The first-order valence-electron chi connectivity index (χ1n) is 7.72. The fourth-order valence-electron chi connectivity index (χ4n) is 2.88. The van der Waals surface area contributed by atoms with Crippen molar-refractivity contribution in [3.05, 3.63) is 29.8 Å². The molecule has 2 unspecified atom stereocenters. The molecule has 2 atom stereocenters. The Hall–Kier alpha value is -1.84. The van der Waals surface area contributed by atoms with Crippen LogP contribution >= 0.6 is 0 Å². The van der Waals surface area contributed by atoms with Gasteiger partial charge in [-0.15, -0.1) is 0 Å². The van der Waals surface area contributed by atoms with E-state index in [0.29, 0.717) is 6.42 Å². The molecule has 1 aliphatic heterocycles. The number of anilines is 1. The largest absolute Gasteiger partial charge is 0.342 e. The molecule has 1 aliphatic rings. The number of nitrogens with zero attached hydrogens (tertiary/aromatic N) is 1. The fraction of sp³-hybridized carbons (Fsp3) is 0.529. The molecule has 1 heterocycles. The van der Waals surface area contributed by atoms with Crippen molar-refractivity contribution in [2.75, 3.05) is 4.90 Å². The standard InChI is InChI=1S/C17H24N2O2/c1-5-12-9-7-8-10-14(12)19-13(6-2)16(20)18-15(11(3)4)17(19)21/h7-11,13,15H,5-6H2,1-4H3,(H,18,20). The summed E-state index contributed by atoms with van der Waals surface area (Å²) < 4.78 is 0. The first-order valence-corrected chi connectivity index (χ1v) is 7.72. The molecule has 1 N–H and O–H groups in total. The van der Waals surface area contributed by atoms with E-state index < -0.39 is 12.1 Å². The summed E-state index contributed by atoms with van der Waals surface area (Å²) in [7, 11) is 0. The summed E-state index contributed by atoms with van der Waals surface area (Å²) in [5.41, 5.74) is 1.97. The lowest BCUT2D eigenvalue weighted by Gasteiger charge is -2.40. The van der Waals surface area contributed by atoms with Gasteiger partial charge in [-0.2, -0.15) is 0 Å². The summed E-state index contributed by atoms with van der Waals surface area (Å²) in [5.74, 6) is 0.0228. The smallest absolute Gasteiger partial charge is 0.250 e. The van der Waals surface area contributed by atoms with Crippen molar-refractivity contribution < 1.29 is 9.59 Å². The van der Waals surface area contributed by atoms with Gasteiger partial charge in [-0.3, -0.25) is 14.5 Å². The van der Waals surface area contributed by atoms with Crippen molar-refractivity contribution in [2.24, 2.45) is 5.92 Å². The van der Waals surface area contributed by atoms with Crippen LogP contribution in [0.1, 0.15) is 39.7 Å². The summed E-state index contributed by atoms with van der Waals surface area (Å²) in [5, 5.41) is 2.87. The normalized spacial score (nSPS) is 22.6. The number of carbonyl (C=O) groups excluding carboxylic acids is 2. The topological polar surface area (TPSA) is 49.4 Å². The summed E-state index contributed by atoms with van der Waals surface area (Å²) >= 11 is 0. The zero-order valence-electron chi connectivity index (χ0n) is 13.2. The van der Waals surface area contributed by atoms with Gasteiger partial charge in [-0.1, -0.05) is 45.9 Å². The van der Waals surface area contributed by atoms with Gasteiger partial charge in [-0.25, -0.2) is 0 Å². The number of hydrogen-bond acceptors (Lipinski definition) is 2. The fourth-order valence-corrected chi connectivity index (χ4v) is 2.88. The number of hydrogen-bond donors (Lipinski definition) is 1. The van der Waals surface area contributed by atoms with Gasteiger partial charge in [-0.05, 0) is 30.4 Å². The summed E-state index contributed by atoms with van der Waals surface area (Å²) in [6.45, 7) is 7.92. The third kappa shape index (κ3) is 2.80. The molecule has 0 aromatic heterocycles. The Labute approximate surface area is 126 Å². The molecule has 0 radical (unpaired) electrons. The van der Waals surface area contributed by atoms with Crippen LogP contribution in [0.3, 0.4) is 0 Å². The Morgan fingerprint density at radius 2 is 1.86 bits per heavy atom. The van der Waals surface area contributed by atoms with Crippen LogP contribution in [0.25, 0.3) is 0 Å². The van der Waals surface area contributed by atoms with Crippen LogP contribution in [0.5, 0.6) is 0 Å². The van der Waals surface area contributed by atoms with Gasteiger partial charge >= 0.3 is 0 Å². The minimum Gasteiger partial charge on any atom is -0.342 e. The number of rotatable bonds is 4. The van der Waals surface area contributed by atoms with Crippen molar-refractivity contribution in [1.29, 1.82) is 0 Å². The van der Waals surface area contributed by atoms with E-state index in [1.807, 2.05) is 45.0 Å². The molecule has 1 aromatic rings. The molecule has 114 valence electrons. The molecule has 0 saturated carbocycles. The number of nitrogens with one attached hydrogen (secondary N) is 1. The lowest BCUT2D eigenvalue weighted by Crippen LogP contribution is -2.65. The Kier molecular flexibility index (Phi) is 4.66. The highest BCUT2D eigenvalue weighted by atomic mass is 16.2. The van der Waals surface area contributed by atoms with Crippen LogP contribution in [-0.2, 0) is 16.0 Å². The van der Waals surface area contributed by atoms with E-state index in [2.05, 4.69) is 12.2 Å². The number of aryl methyl sites for hydroxylation is 1. The molecule has 21 heavy (non-hydrogen) atoms. The van der Waals surface area contributed by atoms with Gasteiger partial charge in [0.2, 0.25) is 5.91 Å². The Balaban J connectivity index is 2.49. The SMILES string of the molecule is CCc1ccccc1N1C(=O)C(C(C)C)NC(=O)C1CC. The van der Waals surface area contributed by atoms with E-state index in [-0.39, 0.29) is 17.7 Å². The average molecular weight is 288 g/mol. The van der Waals surface area contributed by atoms with Gasteiger partial charge in [0.25, 0.3) is 5.91 Å². The molecule has 4 nitrogen and oxygen atoms in total. The molecular weight excluding hydrogens is 264 g/mol. The van der Waals surface area contributed by atoms with E-state index in [9.17, 15) is 9.59 Å². The van der Waals surface area contributed by atoms with Crippen molar-refractivity contribution in [3.63, 3.8) is 0 Å². The number of amides is 2. The van der Waals surface area contributed by atoms with E-state index >= 15 is 0 Å². The summed E-state index contributed by atoms with van der Waals surface area (Å²) in [4.78, 5) is 26.9. The van der Waals surface area contributed by atoms with Gasteiger partial charge in [0.15, 0.2) is 0 Å². The minimum absolute atomic E-state index is 0.00245. The number of para-hydroxylation sites is 1. The molecule has 2 rings (SSSR count). The van der Waals surface area contributed by atoms with Crippen molar-refractivity contribution in [3.8, 4) is 0 Å². The first-order chi connectivity index (χ1) is 10.0. The predicted octanol–water partition coefficient (Wildman–Crippen LogP) is 2.52. The molecule has 1 saturated heterocycles. The van der Waals surface area contributed by atoms with Crippen LogP contribution in [0, 0.1) is 5.92 Å². The van der Waals surface area contributed by atoms with E-state index in [0.717, 1.165) is 17.7 Å². The van der Waals surface area contributed by atoms with Crippen molar-refractivity contribution >= 4 is 17.5 Å². The minimum atomic E-state index is -0.440. The van der Waals surface area contributed by atoms with E-state index in [4.69, 9.17) is 0 Å². The maximum Gasteiger partial charge on any atom is 0.250 e. The highest BCUT2D eigenvalue weighted by molar-refractivity contribution is 6.08. The maximum absolute atomic E-state index is 12.9. The zero-order valence-corrected chi connectivity index (χ0v) is 13.2. The van der Waals surface area contributed by atoms with Crippen LogP contribution in [0.15, 0.2) is 24.3 Å². The second-order valence-electron chi connectivity index (χ2n) is 5.84.